The van der Waals surface area contributed by atoms with Crippen LogP contribution in [-0.4, -0.2) is 18.7 Å². The first kappa shape index (κ1) is 9.43. The average Bonchev–Trinajstić information content (AvgIpc) is 1.88. The summed E-state index contributed by atoms with van der Waals surface area (Å²) in [4.78, 5) is 10.1. The van der Waals surface area contributed by atoms with E-state index < -0.39 is 12.1 Å². The van der Waals surface area contributed by atoms with Gasteiger partial charge in [0.2, 0.25) is 0 Å². The van der Waals surface area contributed by atoms with E-state index in [-0.39, 0.29) is 0 Å². The highest BCUT2D eigenvalue weighted by Gasteiger charge is 2.11. The SMILES string of the molecule is CCCCOC(C)C([O])=O. The van der Waals surface area contributed by atoms with E-state index in [9.17, 15) is 9.90 Å². The highest BCUT2D eigenvalue weighted by molar-refractivity contribution is 5.71. The van der Waals surface area contributed by atoms with E-state index in [1.54, 1.807) is 0 Å². The van der Waals surface area contributed by atoms with Gasteiger partial charge >= 0.3 is 5.97 Å². The van der Waals surface area contributed by atoms with Crippen LogP contribution in [0.1, 0.15) is 26.7 Å². The average molecular weight is 145 g/mol. The van der Waals surface area contributed by atoms with Crippen molar-refractivity contribution in [2.75, 3.05) is 6.61 Å². The molecule has 0 amide bonds. The molecule has 59 valence electrons. The topological polar surface area (TPSA) is 46.2 Å². The van der Waals surface area contributed by atoms with Crippen molar-refractivity contribution in [3.8, 4) is 0 Å². The summed E-state index contributed by atoms with van der Waals surface area (Å²) in [6, 6.07) is 0. The summed E-state index contributed by atoms with van der Waals surface area (Å²) in [7, 11) is 0. The zero-order chi connectivity index (χ0) is 7.98. The van der Waals surface area contributed by atoms with Crippen LogP contribution in [0.3, 0.4) is 0 Å². The van der Waals surface area contributed by atoms with Gasteiger partial charge in [-0.15, -0.1) is 0 Å². The van der Waals surface area contributed by atoms with Crippen LogP contribution >= 0.6 is 0 Å². The Bertz CT molecular complexity index is 101. The second-order valence-electron chi connectivity index (χ2n) is 2.19. The van der Waals surface area contributed by atoms with Gasteiger partial charge in [0, 0.05) is 6.61 Å². The van der Waals surface area contributed by atoms with Crippen molar-refractivity contribution >= 4 is 5.97 Å². The smallest absolute Gasteiger partial charge is 0.367 e. The molecule has 0 aromatic carbocycles. The Kier molecular flexibility index (Phi) is 4.94. The fraction of sp³-hybridized carbons (Fsp3) is 0.857. The quantitative estimate of drug-likeness (QED) is 0.545. The van der Waals surface area contributed by atoms with Crippen LogP contribution in [0.4, 0.5) is 0 Å². The van der Waals surface area contributed by atoms with Crippen molar-refractivity contribution < 1.29 is 14.6 Å². The lowest BCUT2D eigenvalue weighted by Crippen LogP contribution is -2.19. The predicted molar refractivity (Wildman–Crippen MR) is 36.0 cm³/mol. The van der Waals surface area contributed by atoms with E-state index in [4.69, 9.17) is 4.74 Å². The molecule has 0 aliphatic heterocycles. The molecule has 0 bridgehead atoms. The molecule has 3 nitrogen and oxygen atoms in total. The molecule has 0 aromatic heterocycles. The largest absolute Gasteiger partial charge is 0.383 e. The first-order valence-electron chi connectivity index (χ1n) is 3.51. The van der Waals surface area contributed by atoms with Gasteiger partial charge in [-0.25, -0.2) is 9.90 Å². The molecular formula is C7H13O3. The zero-order valence-electron chi connectivity index (χ0n) is 6.42. The summed E-state index contributed by atoms with van der Waals surface area (Å²) < 4.78 is 4.88. The van der Waals surface area contributed by atoms with Crippen LogP contribution in [0.25, 0.3) is 0 Å². The molecule has 3 heteroatoms. The van der Waals surface area contributed by atoms with E-state index in [1.165, 1.54) is 6.92 Å². The van der Waals surface area contributed by atoms with Gasteiger partial charge in [0.25, 0.3) is 0 Å². The molecule has 1 radical (unpaired) electrons. The standard InChI is InChI=1S/C7H13O3/c1-3-4-5-10-6(2)7(8)9/h6H,3-5H2,1-2H3. The molecule has 0 heterocycles. The van der Waals surface area contributed by atoms with Crippen LogP contribution < -0.4 is 0 Å². The number of unbranched alkanes of at least 4 members (excludes halogenated alkanes) is 1. The van der Waals surface area contributed by atoms with Gasteiger partial charge in [0.1, 0.15) is 0 Å². The minimum atomic E-state index is -1.14. The van der Waals surface area contributed by atoms with E-state index in [0.29, 0.717) is 6.61 Å². The Morgan fingerprint density at radius 1 is 1.60 bits per heavy atom. The highest BCUT2D eigenvalue weighted by atomic mass is 16.5. The lowest BCUT2D eigenvalue weighted by Gasteiger charge is -2.04. The normalized spacial score (nSPS) is 13.0. The summed E-state index contributed by atoms with van der Waals surface area (Å²) in [6.45, 7) is 4.00. The number of carbonyl (C=O) groups excluding carboxylic acids is 1. The van der Waals surface area contributed by atoms with Crippen molar-refractivity contribution in [1.82, 2.24) is 0 Å². The molecule has 10 heavy (non-hydrogen) atoms. The van der Waals surface area contributed by atoms with Crippen LogP contribution in [0.15, 0.2) is 0 Å². The Labute approximate surface area is 61.0 Å². The fourth-order valence-corrected chi connectivity index (χ4v) is 0.472. The minimum absolute atomic E-state index is 0.506. The van der Waals surface area contributed by atoms with E-state index in [2.05, 4.69) is 0 Å². The maximum absolute atomic E-state index is 10.1. The monoisotopic (exact) mass is 145 g/mol. The highest BCUT2D eigenvalue weighted by Crippen LogP contribution is 1.94. The first-order chi connectivity index (χ1) is 4.68. The Balaban J connectivity index is 3.21. The summed E-state index contributed by atoms with van der Waals surface area (Å²) in [5.41, 5.74) is 0. The van der Waals surface area contributed by atoms with Crippen LogP contribution in [0.5, 0.6) is 0 Å². The van der Waals surface area contributed by atoms with Gasteiger partial charge in [0.15, 0.2) is 6.10 Å². The number of hydrogen-bond donors (Lipinski definition) is 0. The maximum atomic E-state index is 10.1. The van der Waals surface area contributed by atoms with Crippen molar-refractivity contribution in [2.45, 2.75) is 32.8 Å². The predicted octanol–water partition coefficient (Wildman–Crippen LogP) is 1.15. The van der Waals surface area contributed by atoms with E-state index in [1.807, 2.05) is 6.92 Å². The molecule has 0 saturated carbocycles. The van der Waals surface area contributed by atoms with Crippen molar-refractivity contribution in [2.24, 2.45) is 0 Å². The zero-order valence-corrected chi connectivity index (χ0v) is 6.42. The van der Waals surface area contributed by atoms with Gasteiger partial charge in [0.05, 0.1) is 0 Å². The third kappa shape index (κ3) is 4.32. The number of rotatable bonds is 5. The summed E-state index contributed by atoms with van der Waals surface area (Å²) in [5.74, 6) is -1.14. The Morgan fingerprint density at radius 3 is 2.60 bits per heavy atom. The van der Waals surface area contributed by atoms with E-state index in [0.717, 1.165) is 12.8 Å². The molecule has 0 rings (SSSR count). The van der Waals surface area contributed by atoms with Crippen LogP contribution in [0, 0.1) is 0 Å². The van der Waals surface area contributed by atoms with Gasteiger partial charge < -0.3 is 4.74 Å². The van der Waals surface area contributed by atoms with E-state index >= 15 is 0 Å². The Morgan fingerprint density at radius 2 is 2.20 bits per heavy atom. The lowest BCUT2D eigenvalue weighted by atomic mass is 10.3. The molecule has 0 aliphatic carbocycles. The van der Waals surface area contributed by atoms with Gasteiger partial charge in [-0.3, -0.25) is 0 Å². The molecule has 0 aliphatic rings. The molecule has 0 spiro atoms. The molecular weight excluding hydrogens is 132 g/mol. The fourth-order valence-electron chi connectivity index (χ4n) is 0.472. The molecule has 0 aromatic rings. The van der Waals surface area contributed by atoms with Crippen molar-refractivity contribution in [3.05, 3.63) is 0 Å². The van der Waals surface area contributed by atoms with Crippen molar-refractivity contribution in [1.29, 1.82) is 0 Å². The third-order valence-corrected chi connectivity index (χ3v) is 1.20. The first-order valence-corrected chi connectivity index (χ1v) is 3.51. The number of ether oxygens (including phenoxy) is 1. The third-order valence-electron chi connectivity index (χ3n) is 1.20. The molecule has 0 saturated heterocycles. The lowest BCUT2D eigenvalue weighted by molar-refractivity contribution is -0.155. The van der Waals surface area contributed by atoms with Crippen LogP contribution in [0.2, 0.25) is 0 Å². The van der Waals surface area contributed by atoms with Gasteiger partial charge in [-0.1, -0.05) is 13.3 Å². The second-order valence-corrected chi connectivity index (χ2v) is 2.19. The van der Waals surface area contributed by atoms with Crippen molar-refractivity contribution in [3.63, 3.8) is 0 Å². The summed E-state index contributed by atoms with van der Waals surface area (Å²) in [5, 5.41) is 10.1. The summed E-state index contributed by atoms with van der Waals surface area (Å²) in [6.07, 6.45) is 1.14. The molecule has 1 unspecified atom stereocenters. The number of hydrogen-bond acceptors (Lipinski definition) is 2. The molecule has 0 fully saturated rings. The maximum Gasteiger partial charge on any atom is 0.383 e. The summed E-state index contributed by atoms with van der Waals surface area (Å²) >= 11 is 0. The van der Waals surface area contributed by atoms with Gasteiger partial charge in [-0.2, -0.15) is 0 Å². The van der Waals surface area contributed by atoms with Crippen LogP contribution in [-0.2, 0) is 14.6 Å². The van der Waals surface area contributed by atoms with Gasteiger partial charge in [-0.05, 0) is 13.3 Å². The molecule has 0 N–H and O–H groups in total. The Hall–Kier alpha value is -0.570. The number of carbonyl (C=O) groups is 1. The second kappa shape index (κ2) is 5.23. The minimum Gasteiger partial charge on any atom is -0.367 e. The molecule has 1 atom stereocenters.